The highest BCUT2D eigenvalue weighted by Gasteiger charge is 2.17. The monoisotopic (exact) mass is 320 g/mol. The van der Waals surface area contributed by atoms with Gasteiger partial charge in [-0.3, -0.25) is 0 Å². The fourth-order valence-electron chi connectivity index (χ4n) is 1.38. The van der Waals surface area contributed by atoms with Crippen molar-refractivity contribution in [1.29, 1.82) is 0 Å². The van der Waals surface area contributed by atoms with E-state index < -0.39 is 10.0 Å². The van der Waals surface area contributed by atoms with Gasteiger partial charge in [-0.2, -0.15) is 0 Å². The van der Waals surface area contributed by atoms with E-state index >= 15 is 0 Å². The van der Waals surface area contributed by atoms with E-state index in [-0.39, 0.29) is 5.75 Å². The molecule has 0 aromatic heterocycles. The number of nitrogens with zero attached hydrogens (tertiary/aromatic N) is 1. The molecule has 1 aromatic carbocycles. The highest BCUT2D eigenvalue weighted by molar-refractivity contribution is 9.10. The second-order valence-corrected chi connectivity index (χ2v) is 6.92. The predicted octanol–water partition coefficient (Wildman–Crippen LogP) is 1.43. The van der Waals surface area contributed by atoms with Gasteiger partial charge in [0.15, 0.2) is 0 Å². The molecule has 17 heavy (non-hydrogen) atoms. The van der Waals surface area contributed by atoms with E-state index in [1.807, 2.05) is 24.3 Å². The molecule has 0 saturated carbocycles. The first-order chi connectivity index (χ1) is 7.95. The van der Waals surface area contributed by atoms with Crippen molar-refractivity contribution in [1.82, 2.24) is 9.62 Å². The normalized spacial score (nSPS) is 12.0. The summed E-state index contributed by atoms with van der Waals surface area (Å²) in [5, 5.41) is 2.84. The van der Waals surface area contributed by atoms with E-state index in [0.717, 1.165) is 10.0 Å². The number of nitrogens with one attached hydrogen (secondary N) is 1. The molecule has 0 aliphatic rings. The van der Waals surface area contributed by atoms with Gasteiger partial charge in [-0.15, -0.1) is 0 Å². The smallest absolute Gasteiger partial charge is 0.215 e. The van der Waals surface area contributed by atoms with Crippen molar-refractivity contribution in [3.8, 4) is 0 Å². The van der Waals surface area contributed by atoms with Crippen LogP contribution in [0.2, 0.25) is 0 Å². The zero-order valence-electron chi connectivity index (χ0n) is 9.98. The lowest BCUT2D eigenvalue weighted by Crippen LogP contribution is -2.32. The van der Waals surface area contributed by atoms with Crippen molar-refractivity contribution in [3.05, 3.63) is 34.3 Å². The average molecular weight is 321 g/mol. The molecule has 0 amide bonds. The maximum absolute atomic E-state index is 11.9. The molecule has 0 bridgehead atoms. The molecule has 1 rings (SSSR count). The van der Waals surface area contributed by atoms with E-state index in [2.05, 4.69) is 21.2 Å². The number of hydrogen-bond donors (Lipinski definition) is 1. The first-order valence-electron chi connectivity index (χ1n) is 5.29. The van der Waals surface area contributed by atoms with Crippen LogP contribution in [-0.2, 0) is 16.6 Å². The zero-order chi connectivity index (χ0) is 12.9. The van der Waals surface area contributed by atoms with Gasteiger partial charge in [0.25, 0.3) is 0 Å². The highest BCUT2D eigenvalue weighted by Crippen LogP contribution is 2.14. The van der Waals surface area contributed by atoms with Gasteiger partial charge in [-0.25, -0.2) is 12.7 Å². The van der Waals surface area contributed by atoms with Crippen LogP contribution in [0.4, 0.5) is 0 Å². The molecule has 0 aliphatic carbocycles. The maximum atomic E-state index is 11.9. The summed E-state index contributed by atoms with van der Waals surface area (Å²) in [5.41, 5.74) is 0.968. The van der Waals surface area contributed by atoms with Gasteiger partial charge in [-0.1, -0.05) is 28.1 Å². The summed E-state index contributed by atoms with van der Waals surface area (Å²) < 4.78 is 26.0. The summed E-state index contributed by atoms with van der Waals surface area (Å²) in [4.78, 5) is 0. The van der Waals surface area contributed by atoms with Crippen molar-refractivity contribution in [2.45, 2.75) is 6.54 Å². The van der Waals surface area contributed by atoms with Crippen molar-refractivity contribution in [2.24, 2.45) is 0 Å². The molecular weight excluding hydrogens is 304 g/mol. The molecule has 0 spiro atoms. The second-order valence-electron chi connectivity index (χ2n) is 3.81. The molecule has 0 saturated heterocycles. The lowest BCUT2D eigenvalue weighted by Gasteiger charge is -2.17. The van der Waals surface area contributed by atoms with Gasteiger partial charge in [0.1, 0.15) is 0 Å². The lowest BCUT2D eigenvalue weighted by molar-refractivity contribution is 0.465. The molecule has 0 aliphatic heterocycles. The number of halogens is 1. The molecule has 6 heteroatoms. The van der Waals surface area contributed by atoms with Gasteiger partial charge < -0.3 is 5.32 Å². The van der Waals surface area contributed by atoms with Crippen LogP contribution in [0, 0.1) is 0 Å². The molecule has 0 fully saturated rings. The quantitative estimate of drug-likeness (QED) is 0.862. The zero-order valence-corrected chi connectivity index (χ0v) is 12.4. The largest absolute Gasteiger partial charge is 0.319 e. The van der Waals surface area contributed by atoms with Crippen LogP contribution in [0.3, 0.4) is 0 Å². The van der Waals surface area contributed by atoms with Gasteiger partial charge in [0, 0.05) is 24.6 Å². The van der Waals surface area contributed by atoms with Crippen LogP contribution in [-0.4, -0.2) is 39.1 Å². The fourth-order valence-corrected chi connectivity index (χ4v) is 2.94. The SMILES string of the molecule is CNCCS(=O)(=O)N(C)Cc1cccc(Br)c1. The Kier molecular flexibility index (Phi) is 5.58. The summed E-state index contributed by atoms with van der Waals surface area (Å²) in [6, 6.07) is 7.64. The van der Waals surface area contributed by atoms with Crippen LogP contribution < -0.4 is 5.32 Å². The molecular formula is C11H17BrN2O2S. The standard InChI is InChI=1S/C11H17BrN2O2S/c1-13-6-7-17(15,16)14(2)9-10-4-3-5-11(12)8-10/h3-5,8,13H,6-7,9H2,1-2H3. The Hall–Kier alpha value is -0.430. The van der Waals surface area contributed by atoms with E-state index in [1.165, 1.54) is 4.31 Å². The van der Waals surface area contributed by atoms with Crippen LogP contribution >= 0.6 is 15.9 Å². The molecule has 0 unspecified atom stereocenters. The van der Waals surface area contributed by atoms with E-state index in [0.29, 0.717) is 13.1 Å². The Bertz CT molecular complexity index is 462. The summed E-state index contributed by atoms with van der Waals surface area (Å²) in [7, 11) is 0.165. The fraction of sp³-hybridized carbons (Fsp3) is 0.455. The number of sulfonamides is 1. The van der Waals surface area contributed by atoms with Crippen molar-refractivity contribution in [3.63, 3.8) is 0 Å². The molecule has 0 radical (unpaired) electrons. The number of hydrogen-bond acceptors (Lipinski definition) is 3. The molecule has 1 aromatic rings. The summed E-state index contributed by atoms with van der Waals surface area (Å²) in [6.07, 6.45) is 0. The van der Waals surface area contributed by atoms with E-state index in [4.69, 9.17) is 0 Å². The minimum atomic E-state index is -3.18. The van der Waals surface area contributed by atoms with Crippen LogP contribution in [0.15, 0.2) is 28.7 Å². The molecule has 4 nitrogen and oxygen atoms in total. The Labute approximate surface area is 111 Å². The van der Waals surface area contributed by atoms with Crippen LogP contribution in [0.1, 0.15) is 5.56 Å². The molecule has 1 N–H and O–H groups in total. The lowest BCUT2D eigenvalue weighted by atomic mass is 10.2. The van der Waals surface area contributed by atoms with Gasteiger partial charge >= 0.3 is 0 Å². The summed E-state index contributed by atoms with van der Waals surface area (Å²) >= 11 is 3.37. The van der Waals surface area contributed by atoms with Gasteiger partial charge in [0.2, 0.25) is 10.0 Å². The molecule has 0 heterocycles. The third-order valence-corrected chi connectivity index (χ3v) is 4.67. The second kappa shape index (κ2) is 6.49. The number of benzene rings is 1. The Morgan fingerprint density at radius 3 is 2.71 bits per heavy atom. The predicted molar refractivity (Wildman–Crippen MR) is 73.3 cm³/mol. The van der Waals surface area contributed by atoms with Crippen LogP contribution in [0.25, 0.3) is 0 Å². The minimum Gasteiger partial charge on any atom is -0.319 e. The molecule has 96 valence electrons. The highest BCUT2D eigenvalue weighted by atomic mass is 79.9. The Balaban J connectivity index is 2.68. The van der Waals surface area contributed by atoms with Crippen molar-refractivity contribution in [2.75, 3.05) is 26.4 Å². The minimum absolute atomic E-state index is 0.119. The van der Waals surface area contributed by atoms with Gasteiger partial charge in [-0.05, 0) is 24.7 Å². The first-order valence-corrected chi connectivity index (χ1v) is 7.69. The number of rotatable bonds is 6. The summed E-state index contributed by atoms with van der Waals surface area (Å²) in [5.74, 6) is 0.119. The van der Waals surface area contributed by atoms with Crippen molar-refractivity contribution < 1.29 is 8.42 Å². The topological polar surface area (TPSA) is 49.4 Å². The first kappa shape index (κ1) is 14.6. The summed E-state index contributed by atoms with van der Waals surface area (Å²) in [6.45, 7) is 0.858. The Morgan fingerprint density at radius 1 is 1.41 bits per heavy atom. The third kappa shape index (κ3) is 4.75. The average Bonchev–Trinajstić information content (AvgIpc) is 2.26. The van der Waals surface area contributed by atoms with E-state index in [1.54, 1.807) is 14.1 Å². The van der Waals surface area contributed by atoms with Crippen LogP contribution in [0.5, 0.6) is 0 Å². The van der Waals surface area contributed by atoms with Crippen molar-refractivity contribution >= 4 is 26.0 Å². The van der Waals surface area contributed by atoms with Gasteiger partial charge in [0.05, 0.1) is 5.75 Å². The molecule has 0 atom stereocenters. The third-order valence-electron chi connectivity index (χ3n) is 2.38. The Morgan fingerprint density at radius 2 is 2.12 bits per heavy atom. The maximum Gasteiger partial charge on any atom is 0.215 e. The van der Waals surface area contributed by atoms with E-state index in [9.17, 15) is 8.42 Å².